The number of nitrogens with one attached hydrogen (secondary N) is 2. The highest BCUT2D eigenvalue weighted by Crippen LogP contribution is 2.32. The molecule has 4 rings (SSSR count). The highest BCUT2D eigenvalue weighted by atomic mass is 19.4. The summed E-state index contributed by atoms with van der Waals surface area (Å²) in [5, 5.41) is 2.68. The molecule has 0 aliphatic carbocycles. The Balaban J connectivity index is 2.04. The van der Waals surface area contributed by atoms with Gasteiger partial charge in [0.2, 0.25) is 5.65 Å². The van der Waals surface area contributed by atoms with Gasteiger partial charge in [0, 0.05) is 22.9 Å². The Bertz CT molecular complexity index is 1430. The minimum atomic E-state index is -4.47. The number of hydrogen-bond donors (Lipinski definition) is 3. The number of aryl methyl sites for hydroxylation is 2. The number of rotatable bonds is 4. The molecule has 3 aromatic heterocycles. The molecule has 4 N–H and O–H groups in total. The van der Waals surface area contributed by atoms with Gasteiger partial charge >= 0.3 is 17.8 Å². The van der Waals surface area contributed by atoms with Gasteiger partial charge in [-0.3, -0.25) is 4.79 Å². The number of alkyl halides is 3. The van der Waals surface area contributed by atoms with Gasteiger partial charge < -0.3 is 10.7 Å². The second-order valence-electron chi connectivity index (χ2n) is 7.20. The van der Waals surface area contributed by atoms with Gasteiger partial charge in [-0.2, -0.15) is 17.9 Å². The van der Waals surface area contributed by atoms with Crippen LogP contribution in [-0.4, -0.2) is 25.9 Å². The first kappa shape index (κ1) is 21.3. The van der Waals surface area contributed by atoms with E-state index in [1.54, 1.807) is 13.0 Å². The van der Waals surface area contributed by atoms with E-state index in [1.807, 2.05) is 0 Å². The Morgan fingerprint density at radius 3 is 2.47 bits per heavy atom. The molecular weight excluding hydrogens is 432 g/mol. The standard InChI is InChI=1S/C20H16F4N6O2/c1-10-8-12(9-26-17(10)31)14-15(11-2-4-13(21)5-3-11)27-18(25)30-16(14)28-29(19(30)32)7-6-20(22,23)24/h2-5,8-9H,6-7H2,1H3,(H3,25,26,27,28,31)/p+1. The van der Waals surface area contributed by atoms with E-state index in [2.05, 4.69) is 15.1 Å². The van der Waals surface area contributed by atoms with Crippen LogP contribution < -0.4 is 21.4 Å². The van der Waals surface area contributed by atoms with Crippen molar-refractivity contribution in [2.75, 3.05) is 5.73 Å². The molecule has 166 valence electrons. The summed E-state index contributed by atoms with van der Waals surface area (Å²) in [7, 11) is 0. The predicted octanol–water partition coefficient (Wildman–Crippen LogP) is 2.31. The second-order valence-corrected chi connectivity index (χ2v) is 7.20. The van der Waals surface area contributed by atoms with Crippen molar-refractivity contribution in [1.82, 2.24) is 19.7 Å². The molecule has 0 spiro atoms. The molecule has 0 amide bonds. The van der Waals surface area contributed by atoms with Gasteiger partial charge in [0.1, 0.15) is 11.5 Å². The molecular formula is C20H17F4N6O2+. The quantitative estimate of drug-likeness (QED) is 0.328. The number of benzene rings is 1. The molecule has 0 fully saturated rings. The minimum absolute atomic E-state index is 0.0791. The van der Waals surface area contributed by atoms with Crippen LogP contribution in [0.5, 0.6) is 0 Å². The lowest BCUT2D eigenvalue weighted by Crippen LogP contribution is -2.44. The molecule has 0 aliphatic rings. The molecule has 0 saturated heterocycles. The third-order valence-corrected chi connectivity index (χ3v) is 4.93. The van der Waals surface area contributed by atoms with Gasteiger partial charge in [-0.25, -0.2) is 14.3 Å². The zero-order valence-electron chi connectivity index (χ0n) is 16.6. The number of nitrogens with zero attached hydrogens (tertiary/aromatic N) is 3. The number of aromatic nitrogens is 5. The number of halogens is 4. The first-order valence-corrected chi connectivity index (χ1v) is 9.41. The van der Waals surface area contributed by atoms with Crippen molar-refractivity contribution in [3.63, 3.8) is 0 Å². The van der Waals surface area contributed by atoms with Crippen LogP contribution in [0.25, 0.3) is 28.0 Å². The van der Waals surface area contributed by atoms with Gasteiger partial charge in [-0.05, 0) is 37.3 Å². The summed E-state index contributed by atoms with van der Waals surface area (Å²) in [6, 6.07) is 6.88. The topological polar surface area (TPSA) is 114 Å². The molecule has 8 nitrogen and oxygen atoms in total. The second kappa shape index (κ2) is 7.62. The van der Waals surface area contributed by atoms with Gasteiger partial charge in [-0.15, -0.1) is 9.38 Å². The molecule has 0 bridgehead atoms. The van der Waals surface area contributed by atoms with Gasteiger partial charge in [0.25, 0.3) is 5.56 Å². The van der Waals surface area contributed by atoms with Crippen LogP contribution in [0.4, 0.5) is 23.5 Å². The average Bonchev–Trinajstić information content (AvgIpc) is 3.05. The van der Waals surface area contributed by atoms with Crippen molar-refractivity contribution in [2.45, 2.75) is 26.1 Å². The number of anilines is 1. The normalized spacial score (nSPS) is 11.9. The molecule has 0 saturated carbocycles. The molecule has 12 heteroatoms. The zero-order valence-corrected chi connectivity index (χ0v) is 16.6. The Morgan fingerprint density at radius 2 is 1.84 bits per heavy atom. The summed E-state index contributed by atoms with van der Waals surface area (Å²) >= 11 is 0. The summed E-state index contributed by atoms with van der Waals surface area (Å²) in [5.74, 6) is -0.749. The Kier molecular flexibility index (Phi) is 5.07. The molecule has 0 radical (unpaired) electrons. The lowest BCUT2D eigenvalue weighted by atomic mass is 10.0. The molecule has 1 aromatic carbocycles. The minimum Gasteiger partial charge on any atom is -0.328 e. The van der Waals surface area contributed by atoms with Crippen LogP contribution in [0.3, 0.4) is 0 Å². The fourth-order valence-electron chi connectivity index (χ4n) is 3.38. The smallest absolute Gasteiger partial charge is 0.328 e. The number of pyridine rings is 1. The molecule has 0 atom stereocenters. The summed E-state index contributed by atoms with van der Waals surface area (Å²) in [5.41, 5.74) is 6.68. The van der Waals surface area contributed by atoms with E-state index in [0.717, 1.165) is 9.08 Å². The summed E-state index contributed by atoms with van der Waals surface area (Å²) in [6.07, 6.45) is -4.31. The first-order chi connectivity index (χ1) is 15.0. The van der Waals surface area contributed by atoms with Crippen molar-refractivity contribution in [1.29, 1.82) is 0 Å². The maximum absolute atomic E-state index is 13.5. The highest BCUT2D eigenvalue weighted by Gasteiger charge is 2.30. The van der Waals surface area contributed by atoms with E-state index >= 15 is 0 Å². The van der Waals surface area contributed by atoms with Crippen molar-refractivity contribution < 1.29 is 22.0 Å². The summed E-state index contributed by atoms with van der Waals surface area (Å²) in [4.78, 5) is 31.5. The predicted molar refractivity (Wildman–Crippen MR) is 107 cm³/mol. The number of nitrogen functional groups attached to an aromatic ring is 1. The first-order valence-electron chi connectivity index (χ1n) is 9.41. The Labute approximate surface area is 177 Å². The fourth-order valence-corrected chi connectivity index (χ4v) is 3.38. The third kappa shape index (κ3) is 3.86. The maximum Gasteiger partial charge on any atom is 0.428 e. The van der Waals surface area contributed by atoms with Crippen molar-refractivity contribution >= 4 is 11.6 Å². The largest absolute Gasteiger partial charge is 0.428 e. The summed E-state index contributed by atoms with van der Waals surface area (Å²) < 4.78 is 53.4. The monoisotopic (exact) mass is 449 g/mol. The van der Waals surface area contributed by atoms with Gasteiger partial charge in [0.15, 0.2) is 0 Å². The van der Waals surface area contributed by atoms with Crippen molar-refractivity contribution in [3.8, 4) is 22.4 Å². The Morgan fingerprint density at radius 1 is 1.16 bits per heavy atom. The van der Waals surface area contributed by atoms with Gasteiger partial charge in [0.05, 0.1) is 18.5 Å². The van der Waals surface area contributed by atoms with E-state index in [-0.39, 0.29) is 22.8 Å². The average molecular weight is 449 g/mol. The van der Waals surface area contributed by atoms with Crippen LogP contribution in [-0.2, 0) is 6.54 Å². The number of hydrogen-bond acceptors (Lipinski definition) is 4. The SMILES string of the molecule is Cc1cc(-c2c(-c3ccc(F)cc3)nc(N)[n+]3c(=O)n(CCC(F)(F)F)[nH]c23)c[nH]c1=O. The highest BCUT2D eigenvalue weighted by molar-refractivity contribution is 5.88. The van der Waals surface area contributed by atoms with Crippen LogP contribution in [0.1, 0.15) is 12.0 Å². The molecule has 3 heterocycles. The van der Waals surface area contributed by atoms with Crippen molar-refractivity contribution in [3.05, 3.63) is 68.7 Å². The van der Waals surface area contributed by atoms with E-state index in [1.165, 1.54) is 30.5 Å². The number of H-pyrrole nitrogens is 2. The number of fused-ring (bicyclic) bond motifs is 1. The van der Waals surface area contributed by atoms with E-state index in [9.17, 15) is 27.2 Å². The molecule has 4 aromatic rings. The van der Waals surface area contributed by atoms with Crippen LogP contribution in [0.2, 0.25) is 0 Å². The van der Waals surface area contributed by atoms with E-state index < -0.39 is 30.6 Å². The molecule has 32 heavy (non-hydrogen) atoms. The van der Waals surface area contributed by atoms with E-state index in [4.69, 9.17) is 5.73 Å². The van der Waals surface area contributed by atoms with Crippen LogP contribution >= 0.6 is 0 Å². The van der Waals surface area contributed by atoms with Gasteiger partial charge in [-0.1, -0.05) is 0 Å². The lowest BCUT2D eigenvalue weighted by molar-refractivity contribution is -0.516. The third-order valence-electron chi connectivity index (χ3n) is 4.93. The van der Waals surface area contributed by atoms with E-state index in [0.29, 0.717) is 22.3 Å². The maximum atomic E-state index is 13.5. The number of nitrogens with two attached hydrogens (primary N) is 1. The number of aromatic amines is 2. The van der Waals surface area contributed by atoms with Crippen LogP contribution in [0, 0.1) is 12.7 Å². The van der Waals surface area contributed by atoms with Crippen LogP contribution in [0.15, 0.2) is 46.1 Å². The Hall–Kier alpha value is -3.96. The lowest BCUT2D eigenvalue weighted by Gasteiger charge is -2.09. The molecule has 0 aliphatic heterocycles. The van der Waals surface area contributed by atoms with Crippen molar-refractivity contribution in [2.24, 2.45) is 0 Å². The summed E-state index contributed by atoms with van der Waals surface area (Å²) in [6.45, 7) is 0.922. The zero-order chi connectivity index (χ0) is 23.2. The molecule has 0 unspecified atom stereocenters. The fraction of sp³-hybridized carbons (Fsp3) is 0.200.